The number of rotatable bonds is 5. The van der Waals surface area contributed by atoms with Crippen LogP contribution >= 0.6 is 12.2 Å². The molecule has 4 nitrogen and oxygen atoms in total. The molecular formula is C19H19FN2O2S. The van der Waals surface area contributed by atoms with E-state index in [1.165, 1.54) is 13.2 Å². The van der Waals surface area contributed by atoms with Gasteiger partial charge in [-0.25, -0.2) is 9.18 Å². The molecule has 2 aromatic rings. The zero-order chi connectivity index (χ0) is 17.8. The van der Waals surface area contributed by atoms with Crippen LogP contribution in [-0.4, -0.2) is 29.1 Å². The largest absolute Gasteiger partial charge is 0.465 e. The number of nitrogens with zero attached hydrogens (tertiary/aromatic N) is 1. The van der Waals surface area contributed by atoms with E-state index in [0.29, 0.717) is 34.5 Å². The summed E-state index contributed by atoms with van der Waals surface area (Å²) in [5, 5.41) is 3.60. The zero-order valence-electron chi connectivity index (χ0n) is 13.9. The van der Waals surface area contributed by atoms with Crippen molar-refractivity contribution in [2.75, 3.05) is 12.4 Å². The van der Waals surface area contributed by atoms with E-state index < -0.39 is 5.97 Å². The number of para-hydroxylation sites is 1. The Bertz CT molecular complexity index is 792. The zero-order valence-corrected chi connectivity index (χ0v) is 14.7. The van der Waals surface area contributed by atoms with Gasteiger partial charge in [0, 0.05) is 18.2 Å². The first-order chi connectivity index (χ1) is 12.1. The highest BCUT2D eigenvalue weighted by Gasteiger charge is 2.31. The number of ether oxygens (including phenoxy) is 1. The molecule has 1 fully saturated rings. The quantitative estimate of drug-likeness (QED) is 0.647. The summed E-state index contributed by atoms with van der Waals surface area (Å²) in [5.41, 5.74) is 1.59. The summed E-state index contributed by atoms with van der Waals surface area (Å²) in [4.78, 5) is 13.9. The van der Waals surface area contributed by atoms with E-state index in [1.807, 2.05) is 17.0 Å². The van der Waals surface area contributed by atoms with Crippen molar-refractivity contribution < 1.29 is 13.9 Å². The second kappa shape index (κ2) is 7.61. The SMILES string of the molecule is COC(=O)c1ccccc1NC(=S)N(Cc1ccccc1F)C1CC1. The number of benzene rings is 2. The molecule has 1 aliphatic rings. The molecule has 0 spiro atoms. The van der Waals surface area contributed by atoms with Gasteiger partial charge >= 0.3 is 5.97 Å². The third-order valence-corrected chi connectivity index (χ3v) is 4.46. The Labute approximate surface area is 151 Å². The molecule has 0 bridgehead atoms. The van der Waals surface area contributed by atoms with Crippen molar-refractivity contribution in [3.8, 4) is 0 Å². The Morgan fingerprint density at radius 2 is 1.92 bits per heavy atom. The first-order valence-electron chi connectivity index (χ1n) is 8.08. The second-order valence-electron chi connectivity index (χ2n) is 5.92. The predicted molar refractivity (Wildman–Crippen MR) is 99.0 cm³/mol. The second-order valence-corrected chi connectivity index (χ2v) is 6.30. The number of hydrogen-bond acceptors (Lipinski definition) is 3. The Balaban J connectivity index is 1.79. The summed E-state index contributed by atoms with van der Waals surface area (Å²) in [6, 6.07) is 14.0. The number of esters is 1. The van der Waals surface area contributed by atoms with Gasteiger partial charge in [0.15, 0.2) is 5.11 Å². The van der Waals surface area contributed by atoms with E-state index in [9.17, 15) is 9.18 Å². The van der Waals surface area contributed by atoms with E-state index in [0.717, 1.165) is 12.8 Å². The highest BCUT2D eigenvalue weighted by Crippen LogP contribution is 2.30. The molecule has 0 saturated heterocycles. The highest BCUT2D eigenvalue weighted by atomic mass is 32.1. The van der Waals surface area contributed by atoms with Crippen molar-refractivity contribution >= 4 is 29.0 Å². The number of carbonyl (C=O) groups is 1. The minimum Gasteiger partial charge on any atom is -0.465 e. The first-order valence-corrected chi connectivity index (χ1v) is 8.49. The number of halogens is 1. The van der Waals surface area contributed by atoms with Crippen LogP contribution in [-0.2, 0) is 11.3 Å². The molecule has 0 atom stereocenters. The molecule has 1 saturated carbocycles. The van der Waals surface area contributed by atoms with Crippen molar-refractivity contribution in [1.29, 1.82) is 0 Å². The van der Waals surface area contributed by atoms with Gasteiger partial charge in [-0.05, 0) is 43.3 Å². The Kier molecular flexibility index (Phi) is 5.28. The van der Waals surface area contributed by atoms with Gasteiger partial charge in [0.2, 0.25) is 0 Å². The van der Waals surface area contributed by atoms with Gasteiger partial charge in [-0.15, -0.1) is 0 Å². The lowest BCUT2D eigenvalue weighted by atomic mass is 10.2. The van der Waals surface area contributed by atoms with Crippen LogP contribution in [0.15, 0.2) is 48.5 Å². The van der Waals surface area contributed by atoms with E-state index in [-0.39, 0.29) is 5.82 Å². The molecule has 6 heteroatoms. The molecule has 0 heterocycles. The van der Waals surface area contributed by atoms with Gasteiger partial charge in [0.05, 0.1) is 18.4 Å². The molecule has 1 aliphatic carbocycles. The molecule has 0 amide bonds. The predicted octanol–water partition coefficient (Wildman–Crippen LogP) is 3.97. The standard InChI is InChI=1S/C19H19FN2O2S/c1-24-18(23)15-7-3-5-9-17(15)21-19(25)22(14-10-11-14)12-13-6-2-4-8-16(13)20/h2-9,14H,10-12H2,1H3,(H,21,25). The highest BCUT2D eigenvalue weighted by molar-refractivity contribution is 7.80. The fourth-order valence-electron chi connectivity index (χ4n) is 2.63. The van der Waals surface area contributed by atoms with Crippen molar-refractivity contribution in [1.82, 2.24) is 4.90 Å². The number of methoxy groups -OCH3 is 1. The minimum atomic E-state index is -0.432. The van der Waals surface area contributed by atoms with Crippen LogP contribution in [0, 0.1) is 5.82 Å². The average molecular weight is 358 g/mol. The van der Waals surface area contributed by atoms with Crippen molar-refractivity contribution in [3.63, 3.8) is 0 Å². The summed E-state index contributed by atoms with van der Waals surface area (Å²) < 4.78 is 18.8. The molecule has 2 aromatic carbocycles. The van der Waals surface area contributed by atoms with Crippen molar-refractivity contribution in [2.45, 2.75) is 25.4 Å². The molecular weight excluding hydrogens is 339 g/mol. The number of anilines is 1. The first kappa shape index (κ1) is 17.4. The Hall–Kier alpha value is -2.47. The fraction of sp³-hybridized carbons (Fsp3) is 0.263. The summed E-state index contributed by atoms with van der Waals surface area (Å²) in [6.45, 7) is 0.392. The lowest BCUT2D eigenvalue weighted by Gasteiger charge is -2.26. The van der Waals surface area contributed by atoms with Crippen LogP contribution in [0.1, 0.15) is 28.8 Å². The minimum absolute atomic E-state index is 0.245. The monoisotopic (exact) mass is 358 g/mol. The molecule has 0 aliphatic heterocycles. The molecule has 1 N–H and O–H groups in total. The summed E-state index contributed by atoms with van der Waals surface area (Å²) >= 11 is 5.54. The van der Waals surface area contributed by atoms with Crippen LogP contribution in [0.2, 0.25) is 0 Å². The molecule has 0 unspecified atom stereocenters. The smallest absolute Gasteiger partial charge is 0.339 e. The van der Waals surface area contributed by atoms with Crippen LogP contribution in [0.5, 0.6) is 0 Å². The Morgan fingerprint density at radius 1 is 1.24 bits per heavy atom. The third-order valence-electron chi connectivity index (χ3n) is 4.12. The van der Waals surface area contributed by atoms with Crippen LogP contribution in [0.25, 0.3) is 0 Å². The van der Waals surface area contributed by atoms with Gasteiger partial charge in [-0.2, -0.15) is 0 Å². The summed E-state index contributed by atoms with van der Waals surface area (Å²) in [6.07, 6.45) is 2.05. The Morgan fingerprint density at radius 3 is 2.60 bits per heavy atom. The third kappa shape index (κ3) is 4.14. The number of hydrogen-bond donors (Lipinski definition) is 1. The van der Waals surface area contributed by atoms with Gasteiger partial charge in [0.25, 0.3) is 0 Å². The van der Waals surface area contributed by atoms with Gasteiger partial charge in [-0.3, -0.25) is 0 Å². The lowest BCUT2D eigenvalue weighted by Crippen LogP contribution is -2.36. The molecule has 3 rings (SSSR count). The van der Waals surface area contributed by atoms with E-state index >= 15 is 0 Å². The van der Waals surface area contributed by atoms with Gasteiger partial charge < -0.3 is 15.0 Å². The maximum absolute atomic E-state index is 14.0. The van der Waals surface area contributed by atoms with Crippen molar-refractivity contribution in [3.05, 3.63) is 65.5 Å². The van der Waals surface area contributed by atoms with E-state index in [1.54, 1.807) is 30.3 Å². The average Bonchev–Trinajstić information content (AvgIpc) is 3.45. The number of nitrogens with one attached hydrogen (secondary N) is 1. The number of thiocarbonyl (C=S) groups is 1. The normalized spacial score (nSPS) is 13.2. The van der Waals surface area contributed by atoms with Gasteiger partial charge in [-0.1, -0.05) is 30.3 Å². The van der Waals surface area contributed by atoms with Crippen LogP contribution < -0.4 is 5.32 Å². The lowest BCUT2D eigenvalue weighted by molar-refractivity contribution is 0.0602. The molecule has 0 radical (unpaired) electrons. The van der Waals surface area contributed by atoms with Crippen LogP contribution in [0.4, 0.5) is 10.1 Å². The molecule has 25 heavy (non-hydrogen) atoms. The maximum atomic E-state index is 14.0. The summed E-state index contributed by atoms with van der Waals surface area (Å²) in [5.74, 6) is -0.677. The number of carbonyl (C=O) groups excluding carboxylic acids is 1. The van der Waals surface area contributed by atoms with E-state index in [4.69, 9.17) is 17.0 Å². The maximum Gasteiger partial charge on any atom is 0.339 e. The van der Waals surface area contributed by atoms with E-state index in [2.05, 4.69) is 5.32 Å². The van der Waals surface area contributed by atoms with Crippen LogP contribution in [0.3, 0.4) is 0 Å². The topological polar surface area (TPSA) is 41.6 Å². The van der Waals surface area contributed by atoms with Crippen molar-refractivity contribution in [2.24, 2.45) is 0 Å². The molecule has 0 aromatic heterocycles. The summed E-state index contributed by atoms with van der Waals surface area (Å²) in [7, 11) is 1.34. The fourth-order valence-corrected chi connectivity index (χ4v) is 2.95. The molecule has 130 valence electrons. The van der Waals surface area contributed by atoms with Gasteiger partial charge in [0.1, 0.15) is 5.82 Å².